The average molecular weight is 261 g/mol. The van der Waals surface area contributed by atoms with Crippen LogP contribution in [0, 0.1) is 11.8 Å². The summed E-state index contributed by atoms with van der Waals surface area (Å²) >= 11 is 1.33. The van der Waals surface area contributed by atoms with E-state index < -0.39 is 0 Å². The smallest absolute Gasteiger partial charge is 0.185 e. The summed E-state index contributed by atoms with van der Waals surface area (Å²) in [4.78, 5) is 10.7. The van der Waals surface area contributed by atoms with Gasteiger partial charge in [0.05, 0.1) is 0 Å². The summed E-state index contributed by atoms with van der Waals surface area (Å²) in [5.74, 6) is 7.01. The minimum Gasteiger partial charge on any atom is -0.313 e. The van der Waals surface area contributed by atoms with Crippen molar-refractivity contribution < 1.29 is 4.79 Å². The van der Waals surface area contributed by atoms with Crippen molar-refractivity contribution in [2.24, 2.45) is 0 Å². The summed E-state index contributed by atoms with van der Waals surface area (Å²) in [6.45, 7) is 5.53. The zero-order valence-electron chi connectivity index (χ0n) is 11.0. The van der Waals surface area contributed by atoms with Crippen LogP contribution in [-0.4, -0.2) is 17.4 Å². The molecular weight excluding hydrogens is 242 g/mol. The molecule has 0 spiro atoms. The van der Waals surface area contributed by atoms with Crippen LogP contribution in [0.1, 0.15) is 31.4 Å². The standard InChI is InChI=1S/C15H19NOS/c1-3-16-12-15-9-6-8-14(11-15)7-4-5-10-18-13(2)17/h6,8-9,11,16H,3,5,10,12H2,1-2H3. The van der Waals surface area contributed by atoms with E-state index in [1.54, 1.807) is 6.92 Å². The fraction of sp³-hybridized carbons (Fsp3) is 0.400. The fourth-order valence-electron chi connectivity index (χ4n) is 1.44. The number of carbonyl (C=O) groups excluding carboxylic acids is 1. The molecule has 1 aromatic carbocycles. The van der Waals surface area contributed by atoms with E-state index in [4.69, 9.17) is 0 Å². The van der Waals surface area contributed by atoms with Gasteiger partial charge < -0.3 is 5.32 Å². The number of thioether (sulfide) groups is 1. The van der Waals surface area contributed by atoms with Crippen molar-refractivity contribution in [2.45, 2.75) is 26.8 Å². The van der Waals surface area contributed by atoms with Crippen molar-refractivity contribution in [1.82, 2.24) is 5.32 Å². The van der Waals surface area contributed by atoms with Gasteiger partial charge in [-0.3, -0.25) is 4.79 Å². The van der Waals surface area contributed by atoms with Crippen LogP contribution in [0.4, 0.5) is 0 Å². The maximum absolute atomic E-state index is 10.7. The van der Waals surface area contributed by atoms with Gasteiger partial charge in [-0.2, -0.15) is 0 Å². The Morgan fingerprint density at radius 1 is 1.44 bits per heavy atom. The zero-order chi connectivity index (χ0) is 13.2. The molecule has 2 nitrogen and oxygen atoms in total. The molecule has 0 aliphatic carbocycles. The molecule has 1 N–H and O–H groups in total. The monoisotopic (exact) mass is 261 g/mol. The van der Waals surface area contributed by atoms with E-state index in [9.17, 15) is 4.79 Å². The van der Waals surface area contributed by atoms with Crippen LogP contribution in [0.25, 0.3) is 0 Å². The number of hydrogen-bond acceptors (Lipinski definition) is 3. The van der Waals surface area contributed by atoms with Gasteiger partial charge in [-0.05, 0) is 24.2 Å². The molecule has 0 saturated carbocycles. The van der Waals surface area contributed by atoms with Gasteiger partial charge in [0.25, 0.3) is 0 Å². The number of nitrogens with one attached hydrogen (secondary N) is 1. The Hall–Kier alpha value is -1.24. The van der Waals surface area contributed by atoms with Crippen LogP contribution in [0.5, 0.6) is 0 Å². The average Bonchev–Trinajstić information content (AvgIpc) is 2.36. The molecule has 0 saturated heterocycles. The Morgan fingerprint density at radius 3 is 3.00 bits per heavy atom. The van der Waals surface area contributed by atoms with Crippen LogP contribution in [0.2, 0.25) is 0 Å². The van der Waals surface area contributed by atoms with Crippen molar-refractivity contribution in [1.29, 1.82) is 0 Å². The molecule has 3 heteroatoms. The van der Waals surface area contributed by atoms with E-state index in [1.165, 1.54) is 17.3 Å². The van der Waals surface area contributed by atoms with Crippen molar-refractivity contribution in [3.8, 4) is 11.8 Å². The van der Waals surface area contributed by atoms with Gasteiger partial charge >= 0.3 is 0 Å². The maximum Gasteiger partial charge on any atom is 0.185 e. The highest BCUT2D eigenvalue weighted by Crippen LogP contribution is 2.05. The van der Waals surface area contributed by atoms with Crippen LogP contribution < -0.4 is 5.32 Å². The largest absolute Gasteiger partial charge is 0.313 e. The lowest BCUT2D eigenvalue weighted by Gasteiger charge is -2.01. The molecule has 0 aliphatic heterocycles. The summed E-state index contributed by atoms with van der Waals surface area (Å²) in [6, 6.07) is 8.24. The lowest BCUT2D eigenvalue weighted by atomic mass is 10.1. The lowest BCUT2D eigenvalue weighted by Crippen LogP contribution is -2.11. The van der Waals surface area contributed by atoms with Gasteiger partial charge in [-0.15, -0.1) is 0 Å². The topological polar surface area (TPSA) is 29.1 Å². The summed E-state index contributed by atoms with van der Waals surface area (Å²) in [6.07, 6.45) is 0.752. The normalized spacial score (nSPS) is 9.67. The molecule has 96 valence electrons. The van der Waals surface area contributed by atoms with Crippen molar-refractivity contribution in [2.75, 3.05) is 12.3 Å². The molecule has 0 atom stereocenters. The SMILES string of the molecule is CCNCc1cccc(C#CCCSC(C)=O)c1. The quantitative estimate of drug-likeness (QED) is 0.653. The van der Waals surface area contributed by atoms with Crippen LogP contribution in [-0.2, 0) is 11.3 Å². The molecule has 1 aromatic rings. The van der Waals surface area contributed by atoms with Crippen LogP contribution in [0.3, 0.4) is 0 Å². The first-order chi connectivity index (χ1) is 8.72. The Kier molecular flexibility index (Phi) is 7.24. The summed E-state index contributed by atoms with van der Waals surface area (Å²) in [7, 11) is 0. The molecule has 0 bridgehead atoms. The predicted molar refractivity (Wildman–Crippen MR) is 78.5 cm³/mol. The molecular formula is C15H19NOS. The second kappa shape index (κ2) is 8.79. The molecule has 0 amide bonds. The van der Waals surface area contributed by atoms with Crippen molar-refractivity contribution in [3.05, 3.63) is 35.4 Å². The third kappa shape index (κ3) is 6.48. The molecule has 1 rings (SSSR count). The maximum atomic E-state index is 10.7. The van der Waals surface area contributed by atoms with E-state index in [1.807, 2.05) is 12.1 Å². The van der Waals surface area contributed by atoms with Crippen LogP contribution in [0.15, 0.2) is 24.3 Å². The number of benzene rings is 1. The first kappa shape index (κ1) is 14.8. The van der Waals surface area contributed by atoms with Gasteiger partial charge in [-0.1, -0.05) is 42.7 Å². The Bertz CT molecular complexity index is 445. The summed E-state index contributed by atoms with van der Waals surface area (Å²) in [5.41, 5.74) is 2.29. The minimum absolute atomic E-state index is 0.157. The fourth-order valence-corrected chi connectivity index (χ4v) is 1.93. The number of carbonyl (C=O) groups is 1. The highest BCUT2D eigenvalue weighted by molar-refractivity contribution is 8.13. The second-order valence-corrected chi connectivity index (χ2v) is 5.14. The lowest BCUT2D eigenvalue weighted by molar-refractivity contribution is -0.109. The summed E-state index contributed by atoms with van der Waals surface area (Å²) in [5, 5.41) is 3.45. The van der Waals surface area contributed by atoms with Crippen molar-refractivity contribution in [3.63, 3.8) is 0 Å². The predicted octanol–water partition coefficient (Wildman–Crippen LogP) is 2.82. The minimum atomic E-state index is 0.157. The van der Waals surface area contributed by atoms with E-state index in [2.05, 4.69) is 36.2 Å². The van der Waals surface area contributed by atoms with Gasteiger partial charge in [0.15, 0.2) is 5.12 Å². The third-order valence-corrected chi connectivity index (χ3v) is 3.09. The Labute approximate surface area is 114 Å². The van der Waals surface area contributed by atoms with E-state index in [0.29, 0.717) is 0 Å². The molecule has 0 aromatic heterocycles. The Balaban J connectivity index is 2.46. The molecule has 0 heterocycles. The molecule has 0 fully saturated rings. The zero-order valence-corrected chi connectivity index (χ0v) is 11.8. The molecule has 18 heavy (non-hydrogen) atoms. The number of hydrogen-bond donors (Lipinski definition) is 1. The van der Waals surface area contributed by atoms with E-state index >= 15 is 0 Å². The Morgan fingerprint density at radius 2 is 2.28 bits per heavy atom. The molecule has 0 aliphatic rings. The third-order valence-electron chi connectivity index (χ3n) is 2.27. The van der Waals surface area contributed by atoms with Crippen molar-refractivity contribution >= 4 is 16.9 Å². The van der Waals surface area contributed by atoms with E-state index in [-0.39, 0.29) is 5.12 Å². The molecule has 0 radical (unpaired) electrons. The number of rotatable bonds is 5. The van der Waals surface area contributed by atoms with Gasteiger partial charge in [0, 0.05) is 31.2 Å². The first-order valence-electron chi connectivity index (χ1n) is 6.14. The second-order valence-electron chi connectivity index (χ2n) is 3.87. The van der Waals surface area contributed by atoms with Gasteiger partial charge in [0.2, 0.25) is 0 Å². The van der Waals surface area contributed by atoms with Crippen LogP contribution >= 0.6 is 11.8 Å². The highest BCUT2D eigenvalue weighted by Gasteiger charge is 1.93. The van der Waals surface area contributed by atoms with Gasteiger partial charge in [0.1, 0.15) is 0 Å². The first-order valence-corrected chi connectivity index (χ1v) is 7.13. The molecule has 0 unspecified atom stereocenters. The van der Waals surface area contributed by atoms with Gasteiger partial charge in [-0.25, -0.2) is 0 Å². The van der Waals surface area contributed by atoms with E-state index in [0.717, 1.165) is 30.8 Å². The summed E-state index contributed by atoms with van der Waals surface area (Å²) < 4.78 is 0. The highest BCUT2D eigenvalue weighted by atomic mass is 32.2.